The van der Waals surface area contributed by atoms with Crippen LogP contribution in [0.15, 0.2) is 23.7 Å². The summed E-state index contributed by atoms with van der Waals surface area (Å²) in [6, 6.07) is 5.15. The second-order valence-electron chi connectivity index (χ2n) is 6.91. The molecule has 0 bridgehead atoms. The van der Waals surface area contributed by atoms with Crippen molar-refractivity contribution in [2.24, 2.45) is 0 Å². The Labute approximate surface area is 155 Å². The van der Waals surface area contributed by atoms with Gasteiger partial charge in [0.05, 0.1) is 31.0 Å². The molecule has 0 aliphatic carbocycles. The van der Waals surface area contributed by atoms with Crippen LogP contribution in [0.5, 0.6) is 5.75 Å². The minimum atomic E-state index is -0.479. The molecule has 1 aliphatic rings. The molecular formula is C18H25BO5S. The molecule has 1 aliphatic heterocycles. The Morgan fingerprint density at radius 1 is 1.20 bits per heavy atom. The largest absolute Gasteiger partial charge is 0.496 e. The summed E-state index contributed by atoms with van der Waals surface area (Å²) < 4.78 is 22.3. The summed E-state index contributed by atoms with van der Waals surface area (Å²) in [6.45, 7) is 8.04. The highest BCUT2D eigenvalue weighted by atomic mass is 32.1. The summed E-state index contributed by atoms with van der Waals surface area (Å²) in [4.78, 5) is 11.7. The van der Waals surface area contributed by atoms with Gasteiger partial charge in [-0.2, -0.15) is 12.6 Å². The Bertz CT molecular complexity index is 668. The monoisotopic (exact) mass is 364 g/mol. The number of hydrogen-bond acceptors (Lipinski definition) is 6. The highest BCUT2D eigenvalue weighted by Gasteiger charge is 2.52. The van der Waals surface area contributed by atoms with Crippen molar-refractivity contribution in [3.63, 3.8) is 0 Å². The minimum Gasteiger partial charge on any atom is -0.496 e. The first-order chi connectivity index (χ1) is 11.6. The Morgan fingerprint density at radius 3 is 2.28 bits per heavy atom. The maximum absolute atomic E-state index is 11.7. The SMILES string of the molecule is COC(=O)c1ccc(C=C(CS)B2OC(C)(C)C(C)(C)O2)c(OC)c1. The number of rotatable bonds is 5. The molecule has 1 aromatic carbocycles. The lowest BCUT2D eigenvalue weighted by molar-refractivity contribution is 0.00578. The Balaban J connectivity index is 2.36. The van der Waals surface area contributed by atoms with E-state index in [1.54, 1.807) is 25.3 Å². The van der Waals surface area contributed by atoms with E-state index in [9.17, 15) is 4.79 Å². The maximum atomic E-state index is 11.7. The summed E-state index contributed by atoms with van der Waals surface area (Å²) in [5.41, 5.74) is 1.29. The molecule has 0 spiro atoms. The average Bonchev–Trinajstić information content (AvgIpc) is 2.79. The highest BCUT2D eigenvalue weighted by molar-refractivity contribution is 7.80. The predicted octanol–water partition coefficient (Wildman–Crippen LogP) is 3.43. The lowest BCUT2D eigenvalue weighted by Gasteiger charge is -2.32. The van der Waals surface area contributed by atoms with Crippen LogP contribution in [0.4, 0.5) is 0 Å². The third kappa shape index (κ3) is 4.05. The van der Waals surface area contributed by atoms with Crippen LogP contribution in [0.1, 0.15) is 43.6 Å². The molecule has 1 heterocycles. The normalized spacial score (nSPS) is 19.0. The molecule has 136 valence electrons. The smallest absolute Gasteiger partial charge is 0.491 e. The van der Waals surface area contributed by atoms with E-state index in [2.05, 4.69) is 12.6 Å². The van der Waals surface area contributed by atoms with Crippen LogP contribution in [0, 0.1) is 0 Å². The number of hydrogen-bond donors (Lipinski definition) is 1. The van der Waals surface area contributed by atoms with Crippen molar-refractivity contribution in [3.05, 3.63) is 34.8 Å². The molecule has 5 nitrogen and oxygen atoms in total. The summed E-state index contributed by atoms with van der Waals surface area (Å²) in [5.74, 6) is 0.631. The van der Waals surface area contributed by atoms with Gasteiger partial charge < -0.3 is 18.8 Å². The number of carbonyl (C=O) groups excluding carboxylic acids is 1. The van der Waals surface area contributed by atoms with Gasteiger partial charge in [0, 0.05) is 11.3 Å². The first-order valence-corrected chi connectivity index (χ1v) is 8.71. The summed E-state index contributed by atoms with van der Waals surface area (Å²) in [6.07, 6.45) is 1.93. The van der Waals surface area contributed by atoms with E-state index in [-0.39, 0.29) is 0 Å². The van der Waals surface area contributed by atoms with Crippen LogP contribution < -0.4 is 4.74 Å². The standard InChI is InChI=1S/C18H25BO5S/c1-17(2)18(3,4)24-19(23-17)14(11-25)9-12-7-8-13(16(20)22-6)10-15(12)21-5/h7-10,25H,11H2,1-6H3. The Morgan fingerprint density at radius 2 is 1.80 bits per heavy atom. The van der Waals surface area contributed by atoms with E-state index in [0.29, 0.717) is 17.1 Å². The Kier molecular flexibility index (Phi) is 5.91. The van der Waals surface area contributed by atoms with Gasteiger partial charge in [-0.05, 0) is 45.3 Å². The number of methoxy groups -OCH3 is 2. The van der Waals surface area contributed by atoms with Crippen LogP contribution in [-0.4, -0.2) is 44.3 Å². The molecule has 0 N–H and O–H groups in total. The third-order valence-electron chi connectivity index (χ3n) is 4.73. The van der Waals surface area contributed by atoms with Crippen LogP contribution in [0.25, 0.3) is 6.08 Å². The van der Waals surface area contributed by atoms with Crippen LogP contribution in [0.2, 0.25) is 0 Å². The van der Waals surface area contributed by atoms with Crippen LogP contribution >= 0.6 is 12.6 Å². The molecule has 1 aromatic rings. The van der Waals surface area contributed by atoms with Gasteiger partial charge in [-0.1, -0.05) is 12.1 Å². The lowest BCUT2D eigenvalue weighted by atomic mass is 9.78. The molecule has 0 amide bonds. The van der Waals surface area contributed by atoms with E-state index in [1.165, 1.54) is 7.11 Å². The van der Waals surface area contributed by atoms with Gasteiger partial charge in [-0.25, -0.2) is 4.79 Å². The molecule has 1 saturated heterocycles. The molecule has 0 atom stereocenters. The minimum absolute atomic E-state index is 0.408. The summed E-state index contributed by atoms with van der Waals surface area (Å²) in [5, 5.41) is 0. The number of ether oxygens (including phenoxy) is 2. The van der Waals surface area contributed by atoms with E-state index in [1.807, 2.05) is 33.8 Å². The number of esters is 1. The molecule has 2 rings (SSSR count). The second kappa shape index (κ2) is 7.44. The number of benzene rings is 1. The summed E-state index contributed by atoms with van der Waals surface area (Å²) in [7, 11) is 2.43. The van der Waals surface area contributed by atoms with Crippen molar-refractivity contribution in [3.8, 4) is 5.75 Å². The van der Waals surface area contributed by atoms with E-state index >= 15 is 0 Å². The van der Waals surface area contributed by atoms with Crippen LogP contribution in [0.3, 0.4) is 0 Å². The number of thiol groups is 1. The first kappa shape index (κ1) is 19.9. The van der Waals surface area contributed by atoms with Gasteiger partial charge in [0.1, 0.15) is 5.75 Å². The van der Waals surface area contributed by atoms with Crippen molar-refractivity contribution in [1.29, 1.82) is 0 Å². The van der Waals surface area contributed by atoms with Crippen LogP contribution in [-0.2, 0) is 14.0 Å². The molecule has 0 saturated carbocycles. The topological polar surface area (TPSA) is 54.0 Å². The van der Waals surface area contributed by atoms with Gasteiger partial charge >= 0.3 is 13.1 Å². The molecule has 25 heavy (non-hydrogen) atoms. The van der Waals surface area contributed by atoms with E-state index < -0.39 is 24.3 Å². The fourth-order valence-electron chi connectivity index (χ4n) is 2.46. The van der Waals surface area contributed by atoms with Crippen molar-refractivity contribution in [2.45, 2.75) is 38.9 Å². The molecule has 1 fully saturated rings. The summed E-state index contributed by atoms with van der Waals surface area (Å²) >= 11 is 4.42. The third-order valence-corrected chi connectivity index (χ3v) is 5.10. The molecule has 0 aromatic heterocycles. The quantitative estimate of drug-likeness (QED) is 0.493. The van der Waals surface area contributed by atoms with Gasteiger partial charge in [-0.3, -0.25) is 0 Å². The van der Waals surface area contributed by atoms with Gasteiger partial charge in [0.2, 0.25) is 0 Å². The Hall–Kier alpha value is -1.44. The van der Waals surface area contributed by atoms with Crippen molar-refractivity contribution < 1.29 is 23.6 Å². The van der Waals surface area contributed by atoms with Gasteiger partial charge in [0.15, 0.2) is 0 Å². The fourth-order valence-corrected chi connectivity index (χ4v) is 2.70. The maximum Gasteiger partial charge on any atom is 0.491 e. The zero-order chi connectivity index (χ0) is 18.8. The highest BCUT2D eigenvalue weighted by Crippen LogP contribution is 2.39. The zero-order valence-electron chi connectivity index (χ0n) is 15.6. The molecule has 0 unspecified atom stereocenters. The predicted molar refractivity (Wildman–Crippen MR) is 102 cm³/mol. The second-order valence-corrected chi connectivity index (χ2v) is 7.23. The first-order valence-electron chi connectivity index (χ1n) is 8.08. The van der Waals surface area contributed by atoms with Crippen molar-refractivity contribution in [1.82, 2.24) is 0 Å². The molecule has 0 radical (unpaired) electrons. The zero-order valence-corrected chi connectivity index (χ0v) is 16.5. The van der Waals surface area contributed by atoms with Gasteiger partial charge in [0.25, 0.3) is 0 Å². The van der Waals surface area contributed by atoms with Gasteiger partial charge in [-0.15, -0.1) is 0 Å². The fraction of sp³-hybridized carbons (Fsp3) is 0.500. The van der Waals surface area contributed by atoms with Crippen molar-refractivity contribution in [2.75, 3.05) is 20.0 Å². The number of carbonyl (C=O) groups is 1. The molecule has 7 heteroatoms. The molecular weight excluding hydrogens is 339 g/mol. The van der Waals surface area contributed by atoms with Crippen molar-refractivity contribution >= 4 is 31.8 Å². The average molecular weight is 364 g/mol. The van der Waals surface area contributed by atoms with E-state index in [4.69, 9.17) is 18.8 Å². The lowest BCUT2D eigenvalue weighted by Crippen LogP contribution is -2.41. The van der Waals surface area contributed by atoms with E-state index in [0.717, 1.165) is 11.0 Å².